The summed E-state index contributed by atoms with van der Waals surface area (Å²) in [5.74, 6) is -0.432. The van der Waals surface area contributed by atoms with Crippen molar-refractivity contribution >= 4 is 23.4 Å². The Labute approximate surface area is 203 Å². The van der Waals surface area contributed by atoms with Crippen LogP contribution in [-0.4, -0.2) is 59.8 Å². The molecule has 0 spiro atoms. The Kier molecular flexibility index (Phi) is 8.30. The van der Waals surface area contributed by atoms with Gasteiger partial charge >= 0.3 is 5.97 Å². The van der Waals surface area contributed by atoms with Crippen LogP contribution in [0.5, 0.6) is 0 Å². The highest BCUT2D eigenvalue weighted by Gasteiger charge is 2.20. The van der Waals surface area contributed by atoms with Gasteiger partial charge in [-0.15, -0.1) is 0 Å². The largest absolute Gasteiger partial charge is 0.459 e. The Morgan fingerprint density at radius 2 is 1.74 bits per heavy atom. The predicted molar refractivity (Wildman–Crippen MR) is 131 cm³/mol. The molecule has 2 aromatic carbocycles. The Hall–Kier alpha value is -3.20. The summed E-state index contributed by atoms with van der Waals surface area (Å²) in [7, 11) is 0. The second-order valence-electron chi connectivity index (χ2n) is 7.88. The van der Waals surface area contributed by atoms with Crippen molar-refractivity contribution in [1.29, 1.82) is 0 Å². The molecule has 1 aliphatic rings. The third-order valence-electron chi connectivity index (χ3n) is 5.52. The molecule has 1 N–H and O–H groups in total. The van der Waals surface area contributed by atoms with E-state index in [4.69, 9.17) is 21.1 Å². The Balaban J connectivity index is 1.54. The fourth-order valence-electron chi connectivity index (χ4n) is 3.75. The van der Waals surface area contributed by atoms with Gasteiger partial charge in [-0.05, 0) is 5.56 Å². The fraction of sp³-hybridized carbons (Fsp3) is 0.320. The minimum absolute atomic E-state index is 0.105. The van der Waals surface area contributed by atoms with E-state index in [1.54, 1.807) is 0 Å². The summed E-state index contributed by atoms with van der Waals surface area (Å²) in [5, 5.41) is 3.22. The first-order valence-corrected chi connectivity index (χ1v) is 11.6. The van der Waals surface area contributed by atoms with E-state index in [2.05, 4.69) is 15.2 Å². The molecule has 2 heterocycles. The van der Waals surface area contributed by atoms with Crippen molar-refractivity contribution in [2.45, 2.75) is 13.2 Å². The molecule has 1 aliphatic heterocycles. The molecular formula is C25H27ClN4O4. The van der Waals surface area contributed by atoms with Crippen LogP contribution >= 0.6 is 11.6 Å². The van der Waals surface area contributed by atoms with Gasteiger partial charge in [-0.25, -0.2) is 4.98 Å². The first kappa shape index (κ1) is 23.9. The van der Waals surface area contributed by atoms with E-state index in [-0.39, 0.29) is 24.1 Å². The number of benzene rings is 2. The number of carbonyl (C=O) groups excluding carboxylic acids is 1. The number of hydrogen-bond donors (Lipinski definition) is 1. The van der Waals surface area contributed by atoms with Gasteiger partial charge in [-0.1, -0.05) is 72.3 Å². The van der Waals surface area contributed by atoms with Crippen LogP contribution in [0.2, 0.25) is 5.15 Å². The van der Waals surface area contributed by atoms with Crippen LogP contribution in [0.15, 0.2) is 65.5 Å². The smallest absolute Gasteiger partial charge is 0.326 e. The number of hydrogen-bond acceptors (Lipinski definition) is 7. The number of ether oxygens (including phenoxy) is 2. The third-order valence-corrected chi connectivity index (χ3v) is 5.79. The van der Waals surface area contributed by atoms with Crippen LogP contribution in [0.1, 0.15) is 5.56 Å². The predicted octanol–water partition coefficient (Wildman–Crippen LogP) is 3.05. The third kappa shape index (κ3) is 6.22. The number of anilines is 1. The number of aromatic nitrogens is 2. The molecule has 3 aromatic rings. The second kappa shape index (κ2) is 11.8. The van der Waals surface area contributed by atoms with E-state index in [0.29, 0.717) is 31.0 Å². The van der Waals surface area contributed by atoms with E-state index in [9.17, 15) is 9.59 Å². The van der Waals surface area contributed by atoms with Crippen molar-refractivity contribution in [1.82, 2.24) is 14.5 Å². The van der Waals surface area contributed by atoms with Gasteiger partial charge in [0.05, 0.1) is 18.9 Å². The lowest BCUT2D eigenvalue weighted by Gasteiger charge is -2.26. The fourth-order valence-corrected chi connectivity index (χ4v) is 4.04. The van der Waals surface area contributed by atoms with Crippen LogP contribution in [-0.2, 0) is 27.4 Å². The number of rotatable bonds is 9. The zero-order chi connectivity index (χ0) is 23.8. The monoisotopic (exact) mass is 482 g/mol. The maximum atomic E-state index is 13.3. The second-order valence-corrected chi connectivity index (χ2v) is 8.24. The molecule has 1 fully saturated rings. The number of morpholine rings is 1. The number of carbonyl (C=O) groups is 1. The summed E-state index contributed by atoms with van der Waals surface area (Å²) in [6.45, 7) is 4.19. The Morgan fingerprint density at radius 1 is 1.06 bits per heavy atom. The van der Waals surface area contributed by atoms with Crippen molar-refractivity contribution in [3.05, 3.63) is 81.7 Å². The topological polar surface area (TPSA) is 85.7 Å². The Morgan fingerprint density at radius 3 is 2.44 bits per heavy atom. The first-order chi connectivity index (χ1) is 16.6. The molecule has 0 bridgehead atoms. The lowest BCUT2D eigenvalue weighted by Crippen LogP contribution is -2.39. The number of nitrogens with zero attached hydrogens (tertiary/aromatic N) is 3. The van der Waals surface area contributed by atoms with E-state index >= 15 is 0 Å². The minimum atomic E-state index is -0.537. The summed E-state index contributed by atoms with van der Waals surface area (Å²) in [5.41, 5.74) is 1.50. The minimum Gasteiger partial charge on any atom is -0.459 e. The van der Waals surface area contributed by atoms with Gasteiger partial charge < -0.3 is 14.8 Å². The molecular weight excluding hydrogens is 456 g/mol. The molecule has 9 heteroatoms. The summed E-state index contributed by atoms with van der Waals surface area (Å²) in [6.07, 6.45) is 0. The van der Waals surface area contributed by atoms with Gasteiger partial charge in [-0.2, -0.15) is 0 Å². The zero-order valence-corrected chi connectivity index (χ0v) is 19.5. The van der Waals surface area contributed by atoms with Crippen LogP contribution in [0.25, 0.3) is 11.3 Å². The zero-order valence-electron chi connectivity index (χ0n) is 18.8. The Bertz CT molecular complexity index is 1150. The first-order valence-electron chi connectivity index (χ1n) is 11.2. The van der Waals surface area contributed by atoms with Crippen molar-refractivity contribution in [3.63, 3.8) is 0 Å². The van der Waals surface area contributed by atoms with Crippen LogP contribution < -0.4 is 10.9 Å². The molecule has 0 saturated carbocycles. The summed E-state index contributed by atoms with van der Waals surface area (Å²) < 4.78 is 12.1. The van der Waals surface area contributed by atoms with Crippen LogP contribution in [0, 0.1) is 0 Å². The van der Waals surface area contributed by atoms with Crippen molar-refractivity contribution < 1.29 is 14.3 Å². The van der Waals surface area contributed by atoms with Gasteiger partial charge in [0.25, 0.3) is 5.56 Å². The lowest BCUT2D eigenvalue weighted by molar-refractivity contribution is -0.145. The standard InChI is InChI=1S/C25H27ClN4O4/c26-23-22(20-9-5-2-6-10-20)30(17-21(31)34-18-19-7-3-1-4-8-19)25(32)24(28-23)27-11-12-29-13-15-33-16-14-29/h1-10H,11-18H2,(H,27,28). The lowest BCUT2D eigenvalue weighted by atomic mass is 10.1. The van der Waals surface area contributed by atoms with Crippen molar-refractivity contribution in [3.8, 4) is 11.3 Å². The van der Waals surface area contributed by atoms with E-state index in [1.165, 1.54) is 4.57 Å². The maximum Gasteiger partial charge on any atom is 0.326 e. The molecule has 34 heavy (non-hydrogen) atoms. The highest BCUT2D eigenvalue weighted by molar-refractivity contribution is 6.32. The average Bonchev–Trinajstić information content (AvgIpc) is 2.87. The quantitative estimate of drug-likeness (QED) is 0.469. The van der Waals surface area contributed by atoms with Gasteiger partial charge in [0.15, 0.2) is 11.0 Å². The molecule has 0 amide bonds. The van der Waals surface area contributed by atoms with Gasteiger partial charge in [-0.3, -0.25) is 19.1 Å². The molecule has 0 radical (unpaired) electrons. The normalized spacial score (nSPS) is 14.0. The van der Waals surface area contributed by atoms with Crippen molar-refractivity contribution in [2.75, 3.05) is 44.7 Å². The number of nitrogens with one attached hydrogen (secondary N) is 1. The molecule has 0 atom stereocenters. The summed E-state index contributed by atoms with van der Waals surface area (Å²) in [4.78, 5) is 32.6. The number of esters is 1. The highest BCUT2D eigenvalue weighted by atomic mass is 35.5. The van der Waals surface area contributed by atoms with E-state index in [1.807, 2.05) is 60.7 Å². The van der Waals surface area contributed by atoms with Crippen molar-refractivity contribution in [2.24, 2.45) is 0 Å². The summed E-state index contributed by atoms with van der Waals surface area (Å²) in [6, 6.07) is 18.6. The molecule has 4 rings (SSSR count). The van der Waals surface area contributed by atoms with E-state index in [0.717, 1.165) is 25.2 Å². The molecule has 1 aromatic heterocycles. The summed E-state index contributed by atoms with van der Waals surface area (Å²) >= 11 is 6.54. The molecule has 1 saturated heterocycles. The number of halogens is 1. The molecule has 8 nitrogen and oxygen atoms in total. The van der Waals surface area contributed by atoms with Crippen LogP contribution in [0.4, 0.5) is 5.82 Å². The van der Waals surface area contributed by atoms with Gasteiger partial charge in [0.2, 0.25) is 0 Å². The van der Waals surface area contributed by atoms with Gasteiger partial charge in [0.1, 0.15) is 13.2 Å². The average molecular weight is 483 g/mol. The maximum absolute atomic E-state index is 13.3. The molecule has 0 aliphatic carbocycles. The molecule has 178 valence electrons. The SMILES string of the molecule is O=C(Cn1c(-c2ccccc2)c(Cl)nc(NCCN2CCOCC2)c1=O)OCc1ccccc1. The van der Waals surface area contributed by atoms with E-state index < -0.39 is 11.5 Å². The van der Waals surface area contributed by atoms with Crippen LogP contribution in [0.3, 0.4) is 0 Å². The molecule has 0 unspecified atom stereocenters. The van der Waals surface area contributed by atoms with Gasteiger partial charge in [0, 0.05) is 31.7 Å². The highest BCUT2D eigenvalue weighted by Crippen LogP contribution is 2.26.